The molecular formula is C12H16ClN3O. The summed E-state index contributed by atoms with van der Waals surface area (Å²) < 4.78 is 0. The third-order valence-corrected chi connectivity index (χ3v) is 3.28. The van der Waals surface area contributed by atoms with Crippen molar-refractivity contribution in [2.45, 2.75) is 6.92 Å². The van der Waals surface area contributed by atoms with Gasteiger partial charge >= 0.3 is 0 Å². The van der Waals surface area contributed by atoms with Gasteiger partial charge in [-0.15, -0.1) is 0 Å². The second-order valence-corrected chi connectivity index (χ2v) is 4.75. The minimum atomic E-state index is 0.0553. The number of pyridine rings is 1. The van der Waals surface area contributed by atoms with E-state index in [9.17, 15) is 4.79 Å². The van der Waals surface area contributed by atoms with Crippen molar-refractivity contribution in [3.05, 3.63) is 28.5 Å². The molecule has 0 N–H and O–H groups in total. The van der Waals surface area contributed by atoms with Crippen molar-refractivity contribution in [3.63, 3.8) is 0 Å². The van der Waals surface area contributed by atoms with Gasteiger partial charge in [-0.25, -0.2) is 4.98 Å². The second kappa shape index (κ2) is 5.02. The Morgan fingerprint density at radius 1 is 1.29 bits per heavy atom. The zero-order chi connectivity index (χ0) is 12.4. The normalized spacial score (nSPS) is 17.2. The summed E-state index contributed by atoms with van der Waals surface area (Å²) >= 11 is 5.78. The first-order valence-corrected chi connectivity index (χ1v) is 6.06. The van der Waals surface area contributed by atoms with Crippen LogP contribution < -0.4 is 0 Å². The number of carbonyl (C=O) groups is 1. The number of halogens is 1. The Morgan fingerprint density at radius 3 is 2.53 bits per heavy atom. The number of nitrogens with zero attached hydrogens (tertiary/aromatic N) is 3. The molecule has 0 unspecified atom stereocenters. The molecule has 2 rings (SSSR count). The highest BCUT2D eigenvalue weighted by atomic mass is 35.5. The zero-order valence-electron chi connectivity index (χ0n) is 10.1. The van der Waals surface area contributed by atoms with Crippen LogP contribution in [-0.2, 0) is 0 Å². The van der Waals surface area contributed by atoms with Gasteiger partial charge in [-0.05, 0) is 26.1 Å². The predicted molar refractivity (Wildman–Crippen MR) is 67.4 cm³/mol. The number of likely N-dealkylation sites (N-methyl/N-ethyl adjacent to an activating group) is 1. The van der Waals surface area contributed by atoms with Crippen LogP contribution in [0.15, 0.2) is 12.1 Å². The molecule has 92 valence electrons. The summed E-state index contributed by atoms with van der Waals surface area (Å²) in [6, 6.07) is 3.42. The Balaban J connectivity index is 2.14. The highest BCUT2D eigenvalue weighted by Crippen LogP contribution is 2.14. The second-order valence-electron chi connectivity index (χ2n) is 4.36. The monoisotopic (exact) mass is 253 g/mol. The van der Waals surface area contributed by atoms with E-state index in [1.165, 1.54) is 0 Å². The topological polar surface area (TPSA) is 36.4 Å². The number of rotatable bonds is 1. The molecule has 0 atom stereocenters. The van der Waals surface area contributed by atoms with Crippen molar-refractivity contribution >= 4 is 17.5 Å². The molecule has 1 saturated heterocycles. The molecule has 17 heavy (non-hydrogen) atoms. The van der Waals surface area contributed by atoms with Crippen LogP contribution in [0.25, 0.3) is 0 Å². The van der Waals surface area contributed by atoms with Crippen LogP contribution in [0, 0.1) is 6.92 Å². The van der Waals surface area contributed by atoms with Crippen molar-refractivity contribution < 1.29 is 4.79 Å². The molecule has 1 fully saturated rings. The average Bonchev–Trinajstić information content (AvgIpc) is 2.29. The molecule has 1 amide bonds. The third-order valence-electron chi connectivity index (χ3n) is 3.07. The maximum atomic E-state index is 12.3. The molecule has 5 heteroatoms. The maximum Gasteiger partial charge on any atom is 0.255 e. The van der Waals surface area contributed by atoms with Crippen LogP contribution in [0.4, 0.5) is 0 Å². The van der Waals surface area contributed by atoms with E-state index < -0.39 is 0 Å². The Labute approximate surface area is 106 Å². The van der Waals surface area contributed by atoms with Crippen LogP contribution in [0.5, 0.6) is 0 Å². The van der Waals surface area contributed by atoms with Gasteiger partial charge in [-0.2, -0.15) is 0 Å². The Bertz CT molecular complexity index is 428. The third kappa shape index (κ3) is 2.76. The molecule has 0 bridgehead atoms. The highest BCUT2D eigenvalue weighted by molar-refractivity contribution is 6.29. The Hall–Kier alpha value is -1.13. The minimum absolute atomic E-state index is 0.0553. The van der Waals surface area contributed by atoms with E-state index in [4.69, 9.17) is 11.6 Å². The lowest BCUT2D eigenvalue weighted by atomic mass is 10.1. The fourth-order valence-corrected chi connectivity index (χ4v) is 2.13. The van der Waals surface area contributed by atoms with Crippen LogP contribution in [-0.4, -0.2) is 53.9 Å². The van der Waals surface area contributed by atoms with Crippen molar-refractivity contribution in [1.29, 1.82) is 0 Å². The Morgan fingerprint density at radius 2 is 1.94 bits per heavy atom. The van der Waals surface area contributed by atoms with Gasteiger partial charge in [-0.3, -0.25) is 4.79 Å². The van der Waals surface area contributed by atoms with Crippen molar-refractivity contribution in [3.8, 4) is 0 Å². The van der Waals surface area contributed by atoms with Gasteiger partial charge in [0, 0.05) is 26.2 Å². The smallest absolute Gasteiger partial charge is 0.255 e. The van der Waals surface area contributed by atoms with E-state index >= 15 is 0 Å². The lowest BCUT2D eigenvalue weighted by Gasteiger charge is -2.32. The predicted octanol–water partition coefficient (Wildman–Crippen LogP) is 1.43. The van der Waals surface area contributed by atoms with E-state index in [1.807, 2.05) is 11.8 Å². The van der Waals surface area contributed by atoms with Gasteiger partial charge in [0.1, 0.15) is 5.15 Å². The molecule has 1 aromatic heterocycles. The maximum absolute atomic E-state index is 12.3. The van der Waals surface area contributed by atoms with E-state index in [0.29, 0.717) is 16.4 Å². The first kappa shape index (κ1) is 12.3. The van der Waals surface area contributed by atoms with E-state index in [1.54, 1.807) is 12.1 Å². The number of carbonyl (C=O) groups excluding carboxylic acids is 1. The number of amides is 1. The summed E-state index contributed by atoms with van der Waals surface area (Å²) in [4.78, 5) is 20.5. The summed E-state index contributed by atoms with van der Waals surface area (Å²) in [5, 5.41) is 0.428. The molecule has 0 radical (unpaired) electrons. The van der Waals surface area contributed by atoms with Gasteiger partial charge in [0.15, 0.2) is 0 Å². The summed E-state index contributed by atoms with van der Waals surface area (Å²) in [7, 11) is 2.07. The zero-order valence-corrected chi connectivity index (χ0v) is 10.9. The summed E-state index contributed by atoms with van der Waals surface area (Å²) in [5.41, 5.74) is 1.35. The van der Waals surface area contributed by atoms with Gasteiger partial charge in [-0.1, -0.05) is 11.6 Å². The molecule has 0 saturated carbocycles. The lowest BCUT2D eigenvalue weighted by Crippen LogP contribution is -2.47. The van der Waals surface area contributed by atoms with Crippen LogP contribution >= 0.6 is 11.6 Å². The lowest BCUT2D eigenvalue weighted by molar-refractivity contribution is 0.0663. The molecule has 0 aliphatic carbocycles. The summed E-state index contributed by atoms with van der Waals surface area (Å²) in [6.07, 6.45) is 0. The molecule has 0 spiro atoms. The standard InChI is InChI=1S/C12H16ClN3O/c1-9-10(3-4-11(13)14-9)12(17)16-7-5-15(2)6-8-16/h3-4H,5-8H2,1-2H3. The molecule has 1 aromatic rings. The van der Waals surface area contributed by atoms with Crippen molar-refractivity contribution in [2.24, 2.45) is 0 Å². The number of piperazine rings is 1. The van der Waals surface area contributed by atoms with Gasteiger partial charge in [0.2, 0.25) is 0 Å². The van der Waals surface area contributed by atoms with E-state index in [0.717, 1.165) is 26.2 Å². The SMILES string of the molecule is Cc1nc(Cl)ccc1C(=O)N1CCN(C)CC1. The number of hydrogen-bond donors (Lipinski definition) is 0. The highest BCUT2D eigenvalue weighted by Gasteiger charge is 2.21. The van der Waals surface area contributed by atoms with Crippen molar-refractivity contribution in [2.75, 3.05) is 33.2 Å². The summed E-state index contributed by atoms with van der Waals surface area (Å²) in [5.74, 6) is 0.0553. The quantitative estimate of drug-likeness (QED) is 0.711. The van der Waals surface area contributed by atoms with Crippen LogP contribution in [0.1, 0.15) is 16.1 Å². The van der Waals surface area contributed by atoms with E-state index in [-0.39, 0.29) is 5.91 Å². The first-order chi connectivity index (χ1) is 8.08. The first-order valence-electron chi connectivity index (χ1n) is 5.69. The number of aromatic nitrogens is 1. The van der Waals surface area contributed by atoms with Gasteiger partial charge in [0.05, 0.1) is 11.3 Å². The fraction of sp³-hybridized carbons (Fsp3) is 0.500. The summed E-state index contributed by atoms with van der Waals surface area (Å²) in [6.45, 7) is 5.21. The minimum Gasteiger partial charge on any atom is -0.336 e. The van der Waals surface area contributed by atoms with E-state index in [2.05, 4.69) is 16.9 Å². The van der Waals surface area contributed by atoms with Gasteiger partial charge < -0.3 is 9.80 Å². The van der Waals surface area contributed by atoms with Gasteiger partial charge in [0.25, 0.3) is 5.91 Å². The number of hydrogen-bond acceptors (Lipinski definition) is 3. The fourth-order valence-electron chi connectivity index (χ4n) is 1.94. The van der Waals surface area contributed by atoms with Crippen molar-refractivity contribution in [1.82, 2.24) is 14.8 Å². The molecule has 2 heterocycles. The molecule has 0 aromatic carbocycles. The average molecular weight is 254 g/mol. The molecule has 1 aliphatic heterocycles. The van der Waals surface area contributed by atoms with Crippen LogP contribution in [0.2, 0.25) is 5.15 Å². The molecule has 4 nitrogen and oxygen atoms in total. The number of aryl methyl sites for hydroxylation is 1. The molecule has 1 aliphatic rings. The Kier molecular flexibility index (Phi) is 3.64. The largest absolute Gasteiger partial charge is 0.336 e. The van der Waals surface area contributed by atoms with Crippen LogP contribution in [0.3, 0.4) is 0 Å². The molecular weight excluding hydrogens is 238 g/mol.